The first-order valence-corrected chi connectivity index (χ1v) is 9.88. The van der Waals surface area contributed by atoms with Gasteiger partial charge in [-0.1, -0.05) is 36.4 Å². The third-order valence-electron chi connectivity index (χ3n) is 4.88. The van der Waals surface area contributed by atoms with Gasteiger partial charge in [0.1, 0.15) is 13.2 Å². The molecule has 6 nitrogen and oxygen atoms in total. The van der Waals surface area contributed by atoms with Crippen molar-refractivity contribution < 1.29 is 23.7 Å². The Bertz CT molecular complexity index is 1120. The molecule has 0 saturated heterocycles. The second kappa shape index (κ2) is 9.26. The molecule has 0 saturated carbocycles. The molecule has 0 bridgehead atoms. The number of nitrogens with one attached hydrogen (secondary N) is 1. The Kier molecular flexibility index (Phi) is 6.08. The fourth-order valence-corrected chi connectivity index (χ4v) is 3.38. The van der Waals surface area contributed by atoms with E-state index in [1.807, 2.05) is 72.8 Å². The van der Waals surface area contributed by atoms with Gasteiger partial charge in [0.25, 0.3) is 5.91 Å². The third kappa shape index (κ3) is 4.48. The number of amides is 1. The largest absolute Gasteiger partial charge is 0.493 e. The van der Waals surface area contributed by atoms with Crippen LogP contribution in [0, 0.1) is 0 Å². The van der Waals surface area contributed by atoms with E-state index in [9.17, 15) is 4.79 Å². The molecule has 0 fully saturated rings. The predicted octanol–water partition coefficient (Wildman–Crippen LogP) is 4.65. The van der Waals surface area contributed by atoms with Gasteiger partial charge in [0.2, 0.25) is 0 Å². The molecule has 0 aromatic heterocycles. The van der Waals surface area contributed by atoms with Crippen molar-refractivity contribution >= 4 is 23.2 Å². The van der Waals surface area contributed by atoms with Gasteiger partial charge in [-0.15, -0.1) is 0 Å². The molecule has 1 aliphatic heterocycles. The van der Waals surface area contributed by atoms with Gasteiger partial charge in [-0.05, 0) is 42.0 Å². The van der Waals surface area contributed by atoms with E-state index < -0.39 is 0 Å². The minimum absolute atomic E-state index is 0.117. The maximum absolute atomic E-state index is 12.3. The van der Waals surface area contributed by atoms with Crippen LogP contribution in [0.3, 0.4) is 0 Å². The second-order valence-electron chi connectivity index (χ2n) is 6.82. The Hall–Kier alpha value is -3.93. The van der Waals surface area contributed by atoms with Crippen LogP contribution in [0.5, 0.6) is 23.0 Å². The summed E-state index contributed by atoms with van der Waals surface area (Å²) in [6.07, 6.45) is 1.85. The molecule has 31 heavy (non-hydrogen) atoms. The summed E-state index contributed by atoms with van der Waals surface area (Å²) in [4.78, 5) is 12.3. The van der Waals surface area contributed by atoms with E-state index >= 15 is 0 Å². The first-order chi connectivity index (χ1) is 15.2. The van der Waals surface area contributed by atoms with Crippen LogP contribution in [0.25, 0.3) is 11.6 Å². The quantitative estimate of drug-likeness (QED) is 0.427. The maximum Gasteiger partial charge on any atom is 0.256 e. The number of anilines is 1. The van der Waals surface area contributed by atoms with Gasteiger partial charge in [0.05, 0.1) is 14.2 Å². The summed E-state index contributed by atoms with van der Waals surface area (Å²) < 4.78 is 22.3. The number of para-hydroxylation sites is 3. The van der Waals surface area contributed by atoms with Crippen molar-refractivity contribution in [2.45, 2.75) is 0 Å². The summed E-state index contributed by atoms with van der Waals surface area (Å²) in [6.45, 7) is 0.691. The molecule has 0 spiro atoms. The highest BCUT2D eigenvalue weighted by atomic mass is 16.5. The Labute approximate surface area is 181 Å². The van der Waals surface area contributed by atoms with Gasteiger partial charge in [0.15, 0.2) is 23.0 Å². The van der Waals surface area contributed by atoms with Crippen LogP contribution in [0.15, 0.2) is 66.7 Å². The molecule has 0 unspecified atom stereocenters. The van der Waals surface area contributed by atoms with Crippen LogP contribution in [-0.2, 0) is 4.79 Å². The molecule has 1 heterocycles. The number of benzene rings is 3. The van der Waals surface area contributed by atoms with E-state index in [4.69, 9.17) is 18.9 Å². The second-order valence-corrected chi connectivity index (χ2v) is 6.82. The Morgan fingerprint density at radius 3 is 2.16 bits per heavy atom. The summed E-state index contributed by atoms with van der Waals surface area (Å²) in [5.74, 6) is 2.41. The number of ether oxygens (including phenoxy) is 4. The minimum Gasteiger partial charge on any atom is -0.493 e. The maximum atomic E-state index is 12.3. The fraction of sp³-hybridized carbons (Fsp3) is 0.160. The predicted molar refractivity (Wildman–Crippen MR) is 120 cm³/mol. The van der Waals surface area contributed by atoms with Gasteiger partial charge in [-0.3, -0.25) is 4.79 Å². The minimum atomic E-state index is -0.117. The Balaban J connectivity index is 1.43. The van der Waals surface area contributed by atoms with Gasteiger partial charge in [-0.25, -0.2) is 0 Å². The summed E-state index contributed by atoms with van der Waals surface area (Å²) in [6, 6.07) is 20.6. The number of hydrogen-bond donors (Lipinski definition) is 1. The Morgan fingerprint density at radius 2 is 1.42 bits per heavy atom. The standard InChI is InChI=1S/C25H23NO5/c1-28-21-9-5-6-10-22(21)30-13-14-31-23-12-11-17(16-24(23)29-2)15-19-18-7-3-4-8-20(18)26-25(19)27/h3-12,15-16H,13-14H2,1-2H3,(H,26,27). The highest BCUT2D eigenvalue weighted by Crippen LogP contribution is 2.35. The molecule has 3 aromatic carbocycles. The normalized spacial score (nSPS) is 13.5. The van der Waals surface area contributed by atoms with Crippen LogP contribution in [-0.4, -0.2) is 33.3 Å². The molecule has 0 aliphatic carbocycles. The summed E-state index contributed by atoms with van der Waals surface area (Å²) in [5, 5.41) is 2.88. The number of carbonyl (C=O) groups is 1. The summed E-state index contributed by atoms with van der Waals surface area (Å²) in [5.41, 5.74) is 3.17. The molecule has 1 N–H and O–H groups in total. The Morgan fingerprint density at radius 1 is 0.774 bits per heavy atom. The molecule has 3 aromatic rings. The topological polar surface area (TPSA) is 66.0 Å². The van der Waals surface area contributed by atoms with Gasteiger partial charge < -0.3 is 24.3 Å². The van der Waals surface area contributed by atoms with Crippen LogP contribution in [0.4, 0.5) is 5.69 Å². The van der Waals surface area contributed by atoms with Crippen molar-refractivity contribution in [1.82, 2.24) is 0 Å². The van der Waals surface area contributed by atoms with E-state index in [2.05, 4.69) is 5.32 Å². The third-order valence-corrected chi connectivity index (χ3v) is 4.88. The lowest BCUT2D eigenvalue weighted by molar-refractivity contribution is -0.110. The molecule has 0 atom stereocenters. The van der Waals surface area contributed by atoms with E-state index in [1.54, 1.807) is 14.2 Å². The molecular formula is C25H23NO5. The molecular weight excluding hydrogens is 394 g/mol. The molecule has 6 heteroatoms. The average molecular weight is 417 g/mol. The zero-order valence-electron chi connectivity index (χ0n) is 17.4. The monoisotopic (exact) mass is 417 g/mol. The molecule has 0 radical (unpaired) electrons. The average Bonchev–Trinajstić information content (AvgIpc) is 3.12. The lowest BCUT2D eigenvalue weighted by Crippen LogP contribution is -2.10. The number of fused-ring (bicyclic) bond motifs is 1. The number of rotatable bonds is 8. The van der Waals surface area contributed by atoms with Crippen molar-refractivity contribution in [1.29, 1.82) is 0 Å². The summed E-state index contributed by atoms with van der Waals surface area (Å²) in [7, 11) is 3.19. The van der Waals surface area contributed by atoms with Crippen LogP contribution in [0.2, 0.25) is 0 Å². The zero-order valence-corrected chi connectivity index (χ0v) is 17.4. The highest BCUT2D eigenvalue weighted by Gasteiger charge is 2.23. The number of carbonyl (C=O) groups excluding carboxylic acids is 1. The number of methoxy groups -OCH3 is 2. The van der Waals surface area contributed by atoms with Gasteiger partial charge in [0, 0.05) is 16.8 Å². The molecule has 1 amide bonds. The number of hydrogen-bond acceptors (Lipinski definition) is 5. The van der Waals surface area contributed by atoms with E-state index in [0.29, 0.717) is 41.8 Å². The highest BCUT2D eigenvalue weighted by molar-refractivity contribution is 6.34. The first-order valence-electron chi connectivity index (χ1n) is 9.88. The van der Waals surface area contributed by atoms with Crippen molar-refractivity contribution in [3.63, 3.8) is 0 Å². The van der Waals surface area contributed by atoms with Crippen LogP contribution in [0.1, 0.15) is 11.1 Å². The van der Waals surface area contributed by atoms with Crippen LogP contribution < -0.4 is 24.3 Å². The van der Waals surface area contributed by atoms with Gasteiger partial charge >= 0.3 is 0 Å². The van der Waals surface area contributed by atoms with E-state index in [-0.39, 0.29) is 5.91 Å². The SMILES string of the molecule is COc1ccccc1OCCOc1ccc(C=C2C(=O)Nc3ccccc32)cc1OC. The van der Waals surface area contributed by atoms with Gasteiger partial charge in [-0.2, -0.15) is 0 Å². The van der Waals surface area contributed by atoms with Crippen LogP contribution >= 0.6 is 0 Å². The van der Waals surface area contributed by atoms with E-state index in [0.717, 1.165) is 16.8 Å². The van der Waals surface area contributed by atoms with Crippen molar-refractivity contribution in [3.05, 3.63) is 77.9 Å². The molecule has 158 valence electrons. The van der Waals surface area contributed by atoms with Crippen molar-refractivity contribution in [2.24, 2.45) is 0 Å². The lowest BCUT2D eigenvalue weighted by atomic mass is 10.0. The molecule has 4 rings (SSSR count). The lowest BCUT2D eigenvalue weighted by Gasteiger charge is -2.13. The summed E-state index contributed by atoms with van der Waals surface area (Å²) >= 11 is 0. The van der Waals surface area contributed by atoms with E-state index in [1.165, 1.54) is 0 Å². The zero-order chi connectivity index (χ0) is 21.6. The fourth-order valence-electron chi connectivity index (χ4n) is 3.38. The molecule has 1 aliphatic rings. The first kappa shape index (κ1) is 20.3. The van der Waals surface area contributed by atoms with Crippen molar-refractivity contribution in [3.8, 4) is 23.0 Å². The van der Waals surface area contributed by atoms with Crippen molar-refractivity contribution in [2.75, 3.05) is 32.8 Å². The smallest absolute Gasteiger partial charge is 0.256 e.